The van der Waals surface area contributed by atoms with Crippen LogP contribution in [-0.4, -0.2) is 41.9 Å². The van der Waals surface area contributed by atoms with Gasteiger partial charge in [-0.2, -0.15) is 9.40 Å². The van der Waals surface area contributed by atoms with Gasteiger partial charge in [-0.3, -0.25) is 0 Å². The van der Waals surface area contributed by atoms with Crippen molar-refractivity contribution in [2.75, 3.05) is 13.1 Å². The third-order valence-corrected chi connectivity index (χ3v) is 8.95. The molecular formula is C26H25F2N3O3S. The minimum Gasteiger partial charge on any atom is -0.302 e. The molecule has 0 fully saturated rings. The van der Waals surface area contributed by atoms with E-state index < -0.39 is 20.7 Å². The average Bonchev–Trinajstić information content (AvgIpc) is 3.44. The molecule has 6 nitrogen and oxygen atoms in total. The van der Waals surface area contributed by atoms with Crippen LogP contribution in [0.3, 0.4) is 0 Å². The van der Waals surface area contributed by atoms with Gasteiger partial charge in [0.25, 0.3) is 0 Å². The summed E-state index contributed by atoms with van der Waals surface area (Å²) in [5.41, 5.74) is 5.31. The molecule has 0 radical (unpaired) electrons. The fraction of sp³-hybridized carbons (Fsp3) is 0.308. The maximum atomic E-state index is 14.3. The van der Waals surface area contributed by atoms with Crippen LogP contribution >= 0.6 is 0 Å². The SMILES string of the molecule is C[C@@H]1C2=C(CC[C@@H]2CN(CC=O)S(=O)(=O)c2ccccc2F)Cc2c1cnn2-c1ccc(F)cc1. The number of benzene rings is 2. The third-order valence-electron chi connectivity index (χ3n) is 7.09. The van der Waals surface area contributed by atoms with Gasteiger partial charge in [0.05, 0.1) is 24.1 Å². The van der Waals surface area contributed by atoms with Gasteiger partial charge < -0.3 is 4.79 Å². The molecule has 1 heterocycles. The van der Waals surface area contributed by atoms with Crippen LogP contribution in [-0.2, 0) is 21.2 Å². The van der Waals surface area contributed by atoms with E-state index >= 15 is 0 Å². The van der Waals surface area contributed by atoms with Gasteiger partial charge in [-0.25, -0.2) is 21.9 Å². The van der Waals surface area contributed by atoms with Crippen molar-refractivity contribution in [2.45, 2.75) is 37.0 Å². The molecule has 0 aliphatic heterocycles. The lowest BCUT2D eigenvalue weighted by Crippen LogP contribution is -2.37. The molecule has 2 aliphatic carbocycles. The standard InChI is InChI=1S/C26H25F2N3O3S/c1-17-22-15-29-31(21-10-8-20(27)9-11-21)24(22)14-18-6-7-19(26(17)18)16-30(12-13-32)35(33,34)25-5-3-2-4-23(25)28/h2-5,8-11,13,15,17,19H,6-7,12,14,16H2,1H3/t17-,19+/m0/s1. The number of fused-ring (bicyclic) bond motifs is 1. The smallest absolute Gasteiger partial charge is 0.246 e. The molecule has 5 rings (SSSR count). The van der Waals surface area contributed by atoms with Crippen LogP contribution in [0.1, 0.15) is 36.9 Å². The number of aromatic nitrogens is 2. The van der Waals surface area contributed by atoms with Crippen molar-refractivity contribution < 1.29 is 22.0 Å². The van der Waals surface area contributed by atoms with E-state index in [1.54, 1.807) is 12.1 Å². The molecule has 0 N–H and O–H groups in total. The summed E-state index contributed by atoms with van der Waals surface area (Å²) >= 11 is 0. The molecule has 0 unspecified atom stereocenters. The Morgan fingerprint density at radius 3 is 2.60 bits per heavy atom. The molecule has 0 amide bonds. The summed E-state index contributed by atoms with van der Waals surface area (Å²) in [6, 6.07) is 11.4. The maximum Gasteiger partial charge on any atom is 0.246 e. The van der Waals surface area contributed by atoms with E-state index in [9.17, 15) is 22.0 Å². The molecule has 2 aliphatic rings. The molecule has 0 saturated heterocycles. The Bertz CT molecular complexity index is 1410. The van der Waals surface area contributed by atoms with Crippen LogP contribution < -0.4 is 0 Å². The second-order valence-electron chi connectivity index (χ2n) is 9.05. The van der Waals surface area contributed by atoms with Crippen LogP contribution in [0.4, 0.5) is 8.78 Å². The average molecular weight is 498 g/mol. The number of sulfonamides is 1. The van der Waals surface area contributed by atoms with Gasteiger partial charge in [0, 0.05) is 24.4 Å². The van der Waals surface area contributed by atoms with Gasteiger partial charge in [-0.15, -0.1) is 0 Å². The molecular weight excluding hydrogens is 472 g/mol. The summed E-state index contributed by atoms with van der Waals surface area (Å²) in [4.78, 5) is 11.0. The largest absolute Gasteiger partial charge is 0.302 e. The van der Waals surface area contributed by atoms with Gasteiger partial charge >= 0.3 is 0 Å². The highest BCUT2D eigenvalue weighted by molar-refractivity contribution is 7.89. The van der Waals surface area contributed by atoms with Crippen molar-refractivity contribution in [3.63, 3.8) is 0 Å². The van der Waals surface area contributed by atoms with E-state index in [-0.39, 0.29) is 30.7 Å². The van der Waals surface area contributed by atoms with Crippen LogP contribution in [0.5, 0.6) is 0 Å². The van der Waals surface area contributed by atoms with Crippen LogP contribution in [0.15, 0.2) is 70.8 Å². The highest BCUT2D eigenvalue weighted by Gasteiger charge is 2.39. The number of aldehydes is 1. The van der Waals surface area contributed by atoms with Crippen LogP contribution in [0.25, 0.3) is 5.69 Å². The molecule has 9 heteroatoms. The van der Waals surface area contributed by atoms with E-state index in [1.165, 1.54) is 41.5 Å². The Hall–Kier alpha value is -3.17. The first-order valence-electron chi connectivity index (χ1n) is 11.5. The Morgan fingerprint density at radius 2 is 1.89 bits per heavy atom. The zero-order valence-corrected chi connectivity index (χ0v) is 20.0. The summed E-state index contributed by atoms with van der Waals surface area (Å²) in [6.07, 6.45) is 4.61. The number of carbonyl (C=O) groups excluding carboxylic acids is 1. The van der Waals surface area contributed by atoms with Gasteiger partial charge in [-0.1, -0.05) is 30.2 Å². The van der Waals surface area contributed by atoms with Gasteiger partial charge in [0.15, 0.2) is 0 Å². The predicted octanol–water partition coefficient (Wildman–Crippen LogP) is 4.41. The number of hydrogen-bond acceptors (Lipinski definition) is 4. The lowest BCUT2D eigenvalue weighted by Gasteiger charge is -2.30. The van der Waals surface area contributed by atoms with Crippen molar-refractivity contribution in [2.24, 2.45) is 5.92 Å². The molecule has 182 valence electrons. The third kappa shape index (κ3) is 4.12. The van der Waals surface area contributed by atoms with Gasteiger partial charge in [-0.05, 0) is 55.2 Å². The topological polar surface area (TPSA) is 72.3 Å². The van der Waals surface area contributed by atoms with Gasteiger partial charge in [0.2, 0.25) is 10.0 Å². The van der Waals surface area contributed by atoms with E-state index in [2.05, 4.69) is 12.0 Å². The Morgan fingerprint density at radius 1 is 1.14 bits per heavy atom. The van der Waals surface area contributed by atoms with Crippen LogP contribution in [0, 0.1) is 17.6 Å². The summed E-state index contributed by atoms with van der Waals surface area (Å²) < 4.78 is 57.1. The summed E-state index contributed by atoms with van der Waals surface area (Å²) in [6.45, 7) is 1.86. The fourth-order valence-corrected chi connectivity index (χ4v) is 6.95. The Labute approximate surface area is 202 Å². The molecule has 0 bridgehead atoms. The predicted molar refractivity (Wildman–Crippen MR) is 127 cm³/mol. The van der Waals surface area contributed by atoms with Crippen molar-refractivity contribution in [3.8, 4) is 5.69 Å². The first kappa shape index (κ1) is 23.6. The number of halogens is 2. The highest BCUT2D eigenvalue weighted by atomic mass is 32.2. The van der Waals surface area contributed by atoms with E-state index in [0.29, 0.717) is 12.7 Å². The molecule has 0 spiro atoms. The Balaban J connectivity index is 1.44. The van der Waals surface area contributed by atoms with E-state index in [4.69, 9.17) is 0 Å². The van der Waals surface area contributed by atoms with Crippen molar-refractivity contribution in [3.05, 3.63) is 88.8 Å². The zero-order valence-electron chi connectivity index (χ0n) is 19.2. The first-order valence-corrected chi connectivity index (χ1v) is 13.0. The lowest BCUT2D eigenvalue weighted by molar-refractivity contribution is -0.108. The summed E-state index contributed by atoms with van der Waals surface area (Å²) in [5.74, 6) is -1.20. The van der Waals surface area contributed by atoms with Crippen LogP contribution in [0.2, 0.25) is 0 Å². The highest BCUT2D eigenvalue weighted by Crippen LogP contribution is 2.47. The van der Waals surface area contributed by atoms with Gasteiger partial charge in [0.1, 0.15) is 22.8 Å². The van der Waals surface area contributed by atoms with Crippen molar-refractivity contribution in [1.82, 2.24) is 14.1 Å². The normalized spacial score (nSPS) is 19.7. The molecule has 0 saturated carbocycles. The molecule has 2 atom stereocenters. The monoisotopic (exact) mass is 497 g/mol. The molecule has 3 aromatic rings. The number of carbonyl (C=O) groups is 1. The quantitative estimate of drug-likeness (QED) is 0.358. The molecule has 2 aromatic carbocycles. The minimum atomic E-state index is -4.18. The second-order valence-corrected chi connectivity index (χ2v) is 11.0. The fourth-order valence-electron chi connectivity index (χ4n) is 5.47. The summed E-state index contributed by atoms with van der Waals surface area (Å²) in [5, 5.41) is 4.55. The van der Waals surface area contributed by atoms with E-state index in [1.807, 2.05) is 10.9 Å². The lowest BCUT2D eigenvalue weighted by atomic mass is 9.80. The summed E-state index contributed by atoms with van der Waals surface area (Å²) in [7, 11) is -4.18. The number of hydrogen-bond donors (Lipinski definition) is 0. The number of rotatable bonds is 7. The van der Waals surface area contributed by atoms with E-state index in [0.717, 1.165) is 40.2 Å². The second kappa shape index (κ2) is 9.13. The molecule has 1 aromatic heterocycles. The Kier molecular flexibility index (Phi) is 6.14. The zero-order chi connectivity index (χ0) is 24.7. The maximum absolute atomic E-state index is 14.3. The molecule has 35 heavy (non-hydrogen) atoms. The van der Waals surface area contributed by atoms with Crippen molar-refractivity contribution >= 4 is 16.3 Å². The number of nitrogens with zero attached hydrogens (tertiary/aromatic N) is 3. The number of allylic oxidation sites excluding steroid dienone is 1. The minimum absolute atomic E-state index is 0.0182. The first-order chi connectivity index (χ1) is 16.8. The van der Waals surface area contributed by atoms with Crippen molar-refractivity contribution in [1.29, 1.82) is 0 Å².